The standard InChI is InChI=1S/C16H19.C10H15.Hf/c1-3-11(2)15-8-7-14-9-12-5-4-6-13(12)10-16(14)15;1-6-7(2)9(4)10(5)8(6)3;/h7-11H,3-6H2,1-2H3;1-5H3;. The van der Waals surface area contributed by atoms with E-state index in [-0.39, 0.29) is 0 Å². The molecule has 1 heteroatoms. The van der Waals surface area contributed by atoms with Crippen LogP contribution in [-0.2, 0) is 38.9 Å². The number of hydrogen-bond acceptors (Lipinski definition) is 0. The van der Waals surface area contributed by atoms with Gasteiger partial charge >= 0.3 is 178 Å². The maximum atomic E-state index is 2.67. The summed E-state index contributed by atoms with van der Waals surface area (Å²) < 4.78 is 0.715. The van der Waals surface area contributed by atoms with Crippen molar-refractivity contribution in [1.29, 1.82) is 0 Å². The van der Waals surface area contributed by atoms with Crippen LogP contribution in [-0.4, -0.2) is 0 Å². The first-order chi connectivity index (χ1) is 12.7. The Labute approximate surface area is 177 Å². The Bertz CT molecular complexity index is 871. The van der Waals surface area contributed by atoms with Crippen molar-refractivity contribution in [2.75, 3.05) is 0 Å². The first-order valence-corrected chi connectivity index (χ1v) is 14.3. The van der Waals surface area contributed by atoms with E-state index in [1.54, 1.807) is 44.5 Å². The van der Waals surface area contributed by atoms with E-state index in [1.165, 1.54) is 25.7 Å². The van der Waals surface area contributed by atoms with Crippen LogP contribution in [0.3, 0.4) is 0 Å². The second-order valence-electron chi connectivity index (χ2n) is 9.32. The number of aryl methyl sites for hydroxylation is 2. The molecule has 0 aliphatic heterocycles. The molecule has 3 aliphatic carbocycles. The Hall–Kier alpha value is -0.690. The second kappa shape index (κ2) is 6.68. The minimum absolute atomic E-state index is 0.351. The van der Waals surface area contributed by atoms with E-state index in [9.17, 15) is 0 Å². The van der Waals surface area contributed by atoms with Crippen LogP contribution < -0.4 is 0 Å². The molecule has 0 N–H and O–H groups in total. The fourth-order valence-electron chi connectivity index (χ4n) is 5.63. The topological polar surface area (TPSA) is 0 Å². The van der Waals surface area contributed by atoms with Gasteiger partial charge in [0.05, 0.1) is 0 Å². The molecular weight excluding hydrogens is 491 g/mol. The molecule has 2 unspecified atom stereocenters. The molecular formula is C26H34Hf. The SMILES string of the molecule is CCC(C)[C]1([Hf][C]2(C)C(C)=C(C)C(C)=C2C)C=Cc2cc3c(cc21)CCC3. The van der Waals surface area contributed by atoms with Gasteiger partial charge in [-0.1, -0.05) is 0 Å². The van der Waals surface area contributed by atoms with Crippen LogP contribution in [0.2, 0.25) is 3.17 Å². The number of allylic oxidation sites excluding steroid dienone is 5. The summed E-state index contributed by atoms with van der Waals surface area (Å²) in [6.45, 7) is 17.1. The van der Waals surface area contributed by atoms with E-state index < -0.39 is 22.9 Å². The van der Waals surface area contributed by atoms with Gasteiger partial charge in [0.25, 0.3) is 0 Å². The van der Waals surface area contributed by atoms with E-state index in [0.29, 0.717) is 6.34 Å². The summed E-state index contributed by atoms with van der Waals surface area (Å²) >= 11 is -1.16. The minimum atomic E-state index is -1.16. The number of benzene rings is 1. The van der Waals surface area contributed by atoms with Crippen molar-refractivity contribution in [3.63, 3.8) is 0 Å². The van der Waals surface area contributed by atoms with Gasteiger partial charge in [-0.2, -0.15) is 0 Å². The van der Waals surface area contributed by atoms with E-state index >= 15 is 0 Å². The quantitative estimate of drug-likeness (QED) is 0.360. The summed E-state index contributed by atoms with van der Waals surface area (Å²) in [5.41, 5.74) is 13.0. The van der Waals surface area contributed by atoms with Gasteiger partial charge in [-0.3, -0.25) is 0 Å². The summed E-state index contributed by atoms with van der Waals surface area (Å²) in [6.07, 6.45) is 10.4. The molecule has 2 atom stereocenters. The van der Waals surface area contributed by atoms with Gasteiger partial charge in [0.15, 0.2) is 0 Å². The molecule has 3 aliphatic rings. The van der Waals surface area contributed by atoms with Crippen molar-refractivity contribution in [1.82, 2.24) is 0 Å². The molecule has 0 saturated heterocycles. The van der Waals surface area contributed by atoms with E-state index in [1.807, 2.05) is 0 Å². The van der Waals surface area contributed by atoms with Crippen molar-refractivity contribution in [2.24, 2.45) is 5.92 Å². The molecule has 1 aromatic rings. The van der Waals surface area contributed by atoms with E-state index in [2.05, 4.69) is 72.8 Å². The first-order valence-electron chi connectivity index (χ1n) is 10.8. The maximum absolute atomic E-state index is 2.67. The molecule has 0 aromatic heterocycles. The molecule has 0 fully saturated rings. The Balaban J connectivity index is 1.86. The fourth-order valence-corrected chi connectivity index (χ4v) is 14.8. The third-order valence-corrected chi connectivity index (χ3v) is 17.6. The zero-order valence-electron chi connectivity index (χ0n) is 18.2. The molecule has 142 valence electrons. The average molecular weight is 525 g/mol. The zero-order valence-corrected chi connectivity index (χ0v) is 21.8. The van der Waals surface area contributed by atoms with Crippen LogP contribution in [0.15, 0.2) is 40.5 Å². The Morgan fingerprint density at radius 2 is 1.59 bits per heavy atom. The van der Waals surface area contributed by atoms with E-state index in [0.717, 1.165) is 5.92 Å². The summed E-state index contributed by atoms with van der Waals surface area (Å²) in [4.78, 5) is 0. The van der Waals surface area contributed by atoms with Crippen molar-refractivity contribution >= 4 is 6.08 Å². The summed E-state index contributed by atoms with van der Waals surface area (Å²) in [5.74, 6) is 0.733. The molecule has 4 rings (SSSR count). The van der Waals surface area contributed by atoms with Gasteiger partial charge in [-0.25, -0.2) is 0 Å². The third-order valence-electron chi connectivity index (χ3n) is 8.27. The second-order valence-corrected chi connectivity index (χ2v) is 16.8. The molecule has 0 saturated carbocycles. The molecule has 0 nitrogen and oxygen atoms in total. The van der Waals surface area contributed by atoms with Crippen LogP contribution in [0.4, 0.5) is 0 Å². The van der Waals surface area contributed by atoms with Crippen LogP contribution >= 0.6 is 0 Å². The van der Waals surface area contributed by atoms with Crippen molar-refractivity contribution in [3.8, 4) is 0 Å². The zero-order chi connectivity index (χ0) is 19.6. The normalized spacial score (nSPS) is 26.6. The molecule has 1 aromatic carbocycles. The van der Waals surface area contributed by atoms with E-state index in [4.69, 9.17) is 0 Å². The summed E-state index contributed by atoms with van der Waals surface area (Å²) in [6, 6.07) is 5.19. The van der Waals surface area contributed by atoms with Gasteiger partial charge in [-0.15, -0.1) is 0 Å². The van der Waals surface area contributed by atoms with Crippen LogP contribution in [0, 0.1) is 5.92 Å². The fraction of sp³-hybridized carbons (Fsp3) is 0.538. The van der Waals surface area contributed by atoms with Crippen molar-refractivity contribution < 1.29 is 22.9 Å². The molecule has 0 radical (unpaired) electrons. The molecule has 0 heterocycles. The number of fused-ring (bicyclic) bond motifs is 2. The number of rotatable bonds is 4. The van der Waals surface area contributed by atoms with Gasteiger partial charge < -0.3 is 0 Å². The van der Waals surface area contributed by atoms with Gasteiger partial charge in [0.2, 0.25) is 0 Å². The predicted molar refractivity (Wildman–Crippen MR) is 114 cm³/mol. The molecule has 0 amide bonds. The monoisotopic (exact) mass is 526 g/mol. The van der Waals surface area contributed by atoms with Crippen LogP contribution in [0.25, 0.3) is 6.08 Å². The molecule has 27 heavy (non-hydrogen) atoms. The van der Waals surface area contributed by atoms with Crippen LogP contribution in [0.5, 0.6) is 0 Å². The summed E-state index contributed by atoms with van der Waals surface area (Å²) in [5, 5.41) is 0. The number of hydrogen-bond donors (Lipinski definition) is 0. The predicted octanol–water partition coefficient (Wildman–Crippen LogP) is 7.39. The van der Waals surface area contributed by atoms with Gasteiger partial charge in [0.1, 0.15) is 0 Å². The van der Waals surface area contributed by atoms with Gasteiger partial charge in [0, 0.05) is 0 Å². The van der Waals surface area contributed by atoms with Crippen molar-refractivity contribution in [3.05, 3.63) is 62.8 Å². The Kier molecular flexibility index (Phi) is 4.86. The molecule has 0 bridgehead atoms. The van der Waals surface area contributed by atoms with Crippen molar-refractivity contribution in [2.45, 2.75) is 80.5 Å². The Morgan fingerprint density at radius 1 is 1.00 bits per heavy atom. The van der Waals surface area contributed by atoms with Gasteiger partial charge in [-0.05, 0) is 0 Å². The molecule has 0 spiro atoms. The van der Waals surface area contributed by atoms with Crippen LogP contribution in [0.1, 0.15) is 83.6 Å². The first kappa shape index (κ1) is 19.6. The summed E-state index contributed by atoms with van der Waals surface area (Å²) in [7, 11) is 0. The Morgan fingerprint density at radius 3 is 2.19 bits per heavy atom. The third kappa shape index (κ3) is 2.70. The average Bonchev–Trinajstić information content (AvgIpc) is 3.30.